The molecule has 0 aliphatic heterocycles. The minimum atomic E-state index is -0.0394. The van der Waals surface area contributed by atoms with Crippen LogP contribution in [0.1, 0.15) is 39.5 Å². The van der Waals surface area contributed by atoms with Crippen LogP contribution >= 0.6 is 0 Å². The second kappa shape index (κ2) is 6.02. The van der Waals surface area contributed by atoms with Crippen LogP contribution in [0.5, 0.6) is 0 Å². The molecule has 1 rings (SSSR count). The van der Waals surface area contributed by atoms with E-state index in [0.29, 0.717) is 25.0 Å². The van der Waals surface area contributed by atoms with Crippen LogP contribution in [0.25, 0.3) is 0 Å². The van der Waals surface area contributed by atoms with Gasteiger partial charge >= 0.3 is 5.97 Å². The molecule has 82 valence electrons. The Bertz CT molecular complexity index is 176. The molecule has 0 atom stereocenters. The van der Waals surface area contributed by atoms with Gasteiger partial charge in [0.2, 0.25) is 0 Å². The molecule has 1 aliphatic rings. The summed E-state index contributed by atoms with van der Waals surface area (Å²) in [5.74, 6) is 0.634. The molecule has 1 fully saturated rings. The SMILES string of the molecule is CC(C)NCCCC(=O)OCC1CC1. The monoisotopic (exact) mass is 199 g/mol. The lowest BCUT2D eigenvalue weighted by molar-refractivity contribution is -0.144. The van der Waals surface area contributed by atoms with Crippen molar-refractivity contribution < 1.29 is 9.53 Å². The summed E-state index contributed by atoms with van der Waals surface area (Å²) in [5, 5.41) is 3.27. The Balaban J connectivity index is 1.86. The first-order valence-corrected chi connectivity index (χ1v) is 5.57. The van der Waals surface area contributed by atoms with Gasteiger partial charge in [0.25, 0.3) is 0 Å². The molecule has 0 radical (unpaired) electrons. The Hall–Kier alpha value is -0.570. The fourth-order valence-corrected chi connectivity index (χ4v) is 1.19. The summed E-state index contributed by atoms with van der Waals surface area (Å²) < 4.78 is 5.11. The summed E-state index contributed by atoms with van der Waals surface area (Å²) in [5.41, 5.74) is 0. The maximum Gasteiger partial charge on any atom is 0.305 e. The quantitative estimate of drug-likeness (QED) is 0.501. The number of carbonyl (C=O) groups excluding carboxylic acids is 1. The van der Waals surface area contributed by atoms with E-state index in [2.05, 4.69) is 19.2 Å². The zero-order chi connectivity index (χ0) is 10.4. The lowest BCUT2D eigenvalue weighted by Crippen LogP contribution is -2.24. The van der Waals surface area contributed by atoms with Crippen molar-refractivity contribution in [3.63, 3.8) is 0 Å². The zero-order valence-electron chi connectivity index (χ0n) is 9.21. The van der Waals surface area contributed by atoms with Gasteiger partial charge < -0.3 is 10.1 Å². The molecular formula is C11H21NO2. The van der Waals surface area contributed by atoms with Gasteiger partial charge in [-0.3, -0.25) is 4.79 Å². The molecule has 1 aliphatic carbocycles. The number of nitrogens with one attached hydrogen (secondary N) is 1. The lowest BCUT2D eigenvalue weighted by Gasteiger charge is -2.07. The van der Waals surface area contributed by atoms with E-state index < -0.39 is 0 Å². The van der Waals surface area contributed by atoms with Crippen LogP contribution in [0.2, 0.25) is 0 Å². The predicted molar refractivity (Wildman–Crippen MR) is 56.1 cm³/mol. The van der Waals surface area contributed by atoms with Crippen molar-refractivity contribution >= 4 is 5.97 Å². The number of carbonyl (C=O) groups is 1. The van der Waals surface area contributed by atoms with E-state index >= 15 is 0 Å². The van der Waals surface area contributed by atoms with E-state index in [-0.39, 0.29) is 5.97 Å². The average Bonchev–Trinajstić information content (AvgIpc) is 2.92. The highest BCUT2D eigenvalue weighted by atomic mass is 16.5. The number of ether oxygens (including phenoxy) is 1. The van der Waals surface area contributed by atoms with E-state index in [1.807, 2.05) is 0 Å². The van der Waals surface area contributed by atoms with Crippen LogP contribution in [0.4, 0.5) is 0 Å². The minimum Gasteiger partial charge on any atom is -0.465 e. The number of esters is 1. The van der Waals surface area contributed by atoms with Crippen molar-refractivity contribution in [1.82, 2.24) is 5.32 Å². The topological polar surface area (TPSA) is 38.3 Å². The Morgan fingerprint density at radius 1 is 1.50 bits per heavy atom. The van der Waals surface area contributed by atoms with E-state index in [4.69, 9.17) is 4.74 Å². The predicted octanol–water partition coefficient (Wildman–Crippen LogP) is 1.72. The lowest BCUT2D eigenvalue weighted by atomic mass is 10.3. The normalized spacial score (nSPS) is 15.9. The van der Waals surface area contributed by atoms with Crippen LogP contribution in [0.15, 0.2) is 0 Å². The van der Waals surface area contributed by atoms with Gasteiger partial charge in [0.05, 0.1) is 6.61 Å². The van der Waals surface area contributed by atoms with Crippen molar-refractivity contribution in [2.24, 2.45) is 5.92 Å². The number of hydrogen-bond acceptors (Lipinski definition) is 3. The van der Waals surface area contributed by atoms with Crippen molar-refractivity contribution in [2.75, 3.05) is 13.2 Å². The Morgan fingerprint density at radius 2 is 2.21 bits per heavy atom. The van der Waals surface area contributed by atoms with E-state index in [9.17, 15) is 4.79 Å². The molecule has 0 saturated heterocycles. The largest absolute Gasteiger partial charge is 0.465 e. The summed E-state index contributed by atoms with van der Waals surface area (Å²) in [7, 11) is 0. The van der Waals surface area contributed by atoms with Gasteiger partial charge in [-0.25, -0.2) is 0 Å². The molecule has 14 heavy (non-hydrogen) atoms. The van der Waals surface area contributed by atoms with Crippen LogP contribution in [-0.4, -0.2) is 25.2 Å². The Labute approximate surface area is 86.2 Å². The third-order valence-electron chi connectivity index (χ3n) is 2.29. The third kappa shape index (κ3) is 5.97. The second-order valence-corrected chi connectivity index (χ2v) is 4.34. The van der Waals surface area contributed by atoms with Gasteiger partial charge in [-0.15, -0.1) is 0 Å². The molecule has 0 aromatic heterocycles. The molecule has 3 nitrogen and oxygen atoms in total. The highest BCUT2D eigenvalue weighted by Crippen LogP contribution is 2.28. The highest BCUT2D eigenvalue weighted by Gasteiger charge is 2.22. The summed E-state index contributed by atoms with van der Waals surface area (Å²) in [6, 6.07) is 0.498. The van der Waals surface area contributed by atoms with E-state index in [1.54, 1.807) is 0 Å². The van der Waals surface area contributed by atoms with Gasteiger partial charge in [-0.05, 0) is 31.7 Å². The van der Waals surface area contributed by atoms with E-state index in [1.165, 1.54) is 12.8 Å². The van der Waals surface area contributed by atoms with E-state index in [0.717, 1.165) is 13.0 Å². The first kappa shape index (κ1) is 11.5. The van der Waals surface area contributed by atoms with Gasteiger partial charge in [-0.1, -0.05) is 13.8 Å². The third-order valence-corrected chi connectivity index (χ3v) is 2.29. The molecule has 3 heteroatoms. The summed E-state index contributed by atoms with van der Waals surface area (Å²) in [6.45, 7) is 5.75. The molecule has 0 spiro atoms. The molecule has 0 unspecified atom stereocenters. The molecular weight excluding hydrogens is 178 g/mol. The molecule has 1 saturated carbocycles. The summed E-state index contributed by atoms with van der Waals surface area (Å²) in [4.78, 5) is 11.2. The Morgan fingerprint density at radius 3 is 2.79 bits per heavy atom. The highest BCUT2D eigenvalue weighted by molar-refractivity contribution is 5.69. The fraction of sp³-hybridized carbons (Fsp3) is 0.909. The molecule has 0 bridgehead atoms. The van der Waals surface area contributed by atoms with Gasteiger partial charge in [0, 0.05) is 12.5 Å². The summed E-state index contributed by atoms with van der Waals surface area (Å²) in [6.07, 6.45) is 3.90. The molecule has 1 N–H and O–H groups in total. The molecule has 0 amide bonds. The van der Waals surface area contributed by atoms with Gasteiger partial charge in [0.15, 0.2) is 0 Å². The van der Waals surface area contributed by atoms with Crippen molar-refractivity contribution in [3.8, 4) is 0 Å². The van der Waals surface area contributed by atoms with Crippen molar-refractivity contribution in [2.45, 2.75) is 45.6 Å². The fourth-order valence-electron chi connectivity index (χ4n) is 1.19. The zero-order valence-corrected chi connectivity index (χ0v) is 9.21. The first-order valence-electron chi connectivity index (χ1n) is 5.57. The van der Waals surface area contributed by atoms with Crippen LogP contribution in [0, 0.1) is 5.92 Å². The molecule has 0 aromatic rings. The molecule has 0 aromatic carbocycles. The Kier molecular flexibility index (Phi) is 4.94. The maximum absolute atomic E-state index is 11.2. The number of hydrogen-bond donors (Lipinski definition) is 1. The van der Waals surface area contributed by atoms with Crippen LogP contribution < -0.4 is 5.32 Å². The standard InChI is InChI=1S/C11H21NO2/c1-9(2)12-7-3-4-11(13)14-8-10-5-6-10/h9-10,12H,3-8H2,1-2H3. The first-order chi connectivity index (χ1) is 6.68. The minimum absolute atomic E-state index is 0.0394. The van der Waals surface area contributed by atoms with Crippen molar-refractivity contribution in [1.29, 1.82) is 0 Å². The van der Waals surface area contributed by atoms with Crippen LogP contribution in [0.3, 0.4) is 0 Å². The van der Waals surface area contributed by atoms with Crippen LogP contribution in [-0.2, 0) is 9.53 Å². The summed E-state index contributed by atoms with van der Waals surface area (Å²) >= 11 is 0. The van der Waals surface area contributed by atoms with Gasteiger partial charge in [0.1, 0.15) is 0 Å². The average molecular weight is 199 g/mol. The second-order valence-electron chi connectivity index (χ2n) is 4.34. The maximum atomic E-state index is 11.2. The number of rotatable bonds is 7. The van der Waals surface area contributed by atoms with Gasteiger partial charge in [-0.2, -0.15) is 0 Å². The van der Waals surface area contributed by atoms with Crippen molar-refractivity contribution in [3.05, 3.63) is 0 Å². The smallest absolute Gasteiger partial charge is 0.305 e. The molecule has 0 heterocycles.